The van der Waals surface area contributed by atoms with Gasteiger partial charge in [0.25, 0.3) is 10.0 Å². The topological polar surface area (TPSA) is 99.6 Å². The molecule has 25 heavy (non-hydrogen) atoms. The van der Waals surface area contributed by atoms with Crippen molar-refractivity contribution in [3.63, 3.8) is 0 Å². The first-order chi connectivity index (χ1) is 11.8. The molecule has 2 rings (SSSR count). The third-order valence-electron chi connectivity index (χ3n) is 3.52. The Balaban J connectivity index is 2.40. The van der Waals surface area contributed by atoms with Gasteiger partial charge in [-0.25, -0.2) is 22.6 Å². The lowest BCUT2D eigenvalue weighted by molar-refractivity contribution is 0.0697. The molecule has 1 aromatic carbocycles. The molecule has 0 saturated carbocycles. The molecule has 0 fully saturated rings. The van der Waals surface area contributed by atoms with E-state index < -0.39 is 21.8 Å². The maximum Gasteiger partial charge on any atom is 0.339 e. The van der Waals surface area contributed by atoms with Gasteiger partial charge in [-0.2, -0.15) is 0 Å². The van der Waals surface area contributed by atoms with Gasteiger partial charge in [0.2, 0.25) is 0 Å². The number of nitrogens with zero attached hydrogens (tertiary/aromatic N) is 2. The van der Waals surface area contributed by atoms with E-state index >= 15 is 0 Å². The van der Waals surface area contributed by atoms with Gasteiger partial charge in [0.1, 0.15) is 17.2 Å². The lowest BCUT2D eigenvalue weighted by atomic mass is 10.2. The van der Waals surface area contributed by atoms with E-state index in [2.05, 4.69) is 9.71 Å². The van der Waals surface area contributed by atoms with Crippen molar-refractivity contribution >= 4 is 27.5 Å². The van der Waals surface area contributed by atoms with E-state index in [4.69, 9.17) is 0 Å². The molecule has 0 bridgehead atoms. The minimum Gasteiger partial charge on any atom is -0.478 e. The number of carboxylic acids is 1. The molecule has 134 valence electrons. The van der Waals surface area contributed by atoms with Crippen LogP contribution in [0.5, 0.6) is 0 Å². The molecule has 2 N–H and O–H groups in total. The van der Waals surface area contributed by atoms with Crippen LogP contribution < -0.4 is 9.62 Å². The summed E-state index contributed by atoms with van der Waals surface area (Å²) in [6.07, 6.45) is 1.23. The molecule has 0 saturated heterocycles. The van der Waals surface area contributed by atoms with Crippen molar-refractivity contribution < 1.29 is 22.7 Å². The molecular formula is C16H18FN3O4S. The van der Waals surface area contributed by atoms with Crippen molar-refractivity contribution in [2.24, 2.45) is 0 Å². The Bertz CT molecular complexity index is 883. The Morgan fingerprint density at radius 1 is 1.28 bits per heavy atom. The fourth-order valence-electron chi connectivity index (χ4n) is 2.29. The molecule has 9 heteroatoms. The summed E-state index contributed by atoms with van der Waals surface area (Å²) in [6.45, 7) is 4.82. The summed E-state index contributed by atoms with van der Waals surface area (Å²) in [5.74, 6) is -1.66. The van der Waals surface area contributed by atoms with Crippen LogP contribution in [-0.4, -0.2) is 37.6 Å². The van der Waals surface area contributed by atoms with Gasteiger partial charge < -0.3 is 10.0 Å². The number of carboxylic acid groups (broad SMARTS) is 1. The number of aromatic carboxylic acids is 1. The number of nitrogens with one attached hydrogen (secondary N) is 1. The van der Waals surface area contributed by atoms with Gasteiger partial charge in [0, 0.05) is 13.1 Å². The molecule has 0 radical (unpaired) electrons. The molecule has 0 amide bonds. The average molecular weight is 367 g/mol. The Morgan fingerprint density at radius 3 is 2.52 bits per heavy atom. The van der Waals surface area contributed by atoms with Gasteiger partial charge in [-0.3, -0.25) is 4.72 Å². The highest BCUT2D eigenvalue weighted by molar-refractivity contribution is 7.92. The first-order valence-electron chi connectivity index (χ1n) is 7.55. The second-order valence-corrected chi connectivity index (χ2v) is 6.82. The van der Waals surface area contributed by atoms with Crippen LogP contribution in [0.1, 0.15) is 24.2 Å². The molecule has 7 nitrogen and oxygen atoms in total. The zero-order chi connectivity index (χ0) is 18.6. The number of carbonyl (C=O) groups is 1. The van der Waals surface area contributed by atoms with Gasteiger partial charge >= 0.3 is 5.97 Å². The number of hydrogen-bond donors (Lipinski definition) is 2. The SMILES string of the molecule is CCN(CC)c1ncc(NS(=O)(=O)c2cccc(F)c2)cc1C(=O)O. The van der Waals surface area contributed by atoms with E-state index in [1.54, 1.807) is 4.90 Å². The largest absolute Gasteiger partial charge is 0.478 e. The van der Waals surface area contributed by atoms with Crippen molar-refractivity contribution in [3.8, 4) is 0 Å². The summed E-state index contributed by atoms with van der Waals surface area (Å²) in [7, 11) is -4.06. The van der Waals surface area contributed by atoms with Crippen molar-refractivity contribution in [3.05, 3.63) is 47.9 Å². The Hall–Kier alpha value is -2.68. The Morgan fingerprint density at radius 2 is 1.96 bits per heavy atom. The predicted octanol–water partition coefficient (Wildman–Crippen LogP) is 2.57. The quantitative estimate of drug-likeness (QED) is 0.780. The number of benzene rings is 1. The third-order valence-corrected chi connectivity index (χ3v) is 4.90. The molecular weight excluding hydrogens is 349 g/mol. The molecule has 0 atom stereocenters. The van der Waals surface area contributed by atoms with Crippen LogP contribution in [-0.2, 0) is 10.0 Å². The summed E-state index contributed by atoms with van der Waals surface area (Å²) in [4.78, 5) is 17.1. The fraction of sp³-hybridized carbons (Fsp3) is 0.250. The molecule has 0 aliphatic heterocycles. The number of rotatable bonds is 7. The number of pyridine rings is 1. The first kappa shape index (κ1) is 18.7. The van der Waals surface area contributed by atoms with Crippen molar-refractivity contribution in [2.75, 3.05) is 22.7 Å². The smallest absolute Gasteiger partial charge is 0.339 e. The van der Waals surface area contributed by atoms with E-state index in [9.17, 15) is 22.7 Å². The van der Waals surface area contributed by atoms with E-state index in [1.165, 1.54) is 24.4 Å². The first-order valence-corrected chi connectivity index (χ1v) is 9.03. The molecule has 2 aromatic rings. The standard InChI is InChI=1S/C16H18FN3O4S/c1-3-20(4-2)15-14(16(21)22)9-12(10-18-15)19-25(23,24)13-7-5-6-11(17)8-13/h5-10,19H,3-4H2,1-2H3,(H,21,22). The molecule has 1 aromatic heterocycles. The fourth-order valence-corrected chi connectivity index (χ4v) is 3.36. The van der Waals surface area contributed by atoms with Crippen LogP contribution in [0.25, 0.3) is 0 Å². The lowest BCUT2D eigenvalue weighted by Gasteiger charge is -2.22. The molecule has 0 spiro atoms. The highest BCUT2D eigenvalue weighted by Crippen LogP contribution is 2.23. The van der Waals surface area contributed by atoms with E-state index in [-0.39, 0.29) is 22.0 Å². The van der Waals surface area contributed by atoms with Gasteiger partial charge in [-0.05, 0) is 38.1 Å². The summed E-state index contributed by atoms with van der Waals surface area (Å²) in [6, 6.07) is 5.70. The van der Waals surface area contributed by atoms with Crippen molar-refractivity contribution in [1.82, 2.24) is 4.98 Å². The van der Waals surface area contributed by atoms with Gasteiger partial charge in [-0.1, -0.05) is 6.07 Å². The maximum atomic E-state index is 13.2. The molecule has 1 heterocycles. The van der Waals surface area contributed by atoms with E-state index in [1.807, 2.05) is 13.8 Å². The van der Waals surface area contributed by atoms with Crippen LogP contribution in [0.15, 0.2) is 41.4 Å². The highest BCUT2D eigenvalue weighted by Gasteiger charge is 2.20. The second-order valence-electron chi connectivity index (χ2n) is 5.14. The van der Waals surface area contributed by atoms with Crippen LogP contribution in [0.2, 0.25) is 0 Å². The maximum absolute atomic E-state index is 13.2. The monoisotopic (exact) mass is 367 g/mol. The summed E-state index contributed by atoms with van der Waals surface area (Å²) >= 11 is 0. The Labute approximate surface area is 145 Å². The number of anilines is 2. The second kappa shape index (κ2) is 7.47. The lowest BCUT2D eigenvalue weighted by Crippen LogP contribution is -2.25. The van der Waals surface area contributed by atoms with Gasteiger partial charge in [-0.15, -0.1) is 0 Å². The summed E-state index contributed by atoms with van der Waals surface area (Å²) < 4.78 is 40.1. The van der Waals surface area contributed by atoms with Crippen LogP contribution in [0.4, 0.5) is 15.9 Å². The Kier molecular flexibility index (Phi) is 5.58. The highest BCUT2D eigenvalue weighted by atomic mass is 32.2. The van der Waals surface area contributed by atoms with Crippen LogP contribution in [0, 0.1) is 5.82 Å². The molecule has 0 unspecified atom stereocenters. The molecule has 0 aliphatic carbocycles. The molecule has 0 aliphatic rings. The third kappa shape index (κ3) is 4.24. The minimum atomic E-state index is -4.06. The van der Waals surface area contributed by atoms with Gasteiger partial charge in [0.05, 0.1) is 16.8 Å². The van der Waals surface area contributed by atoms with Gasteiger partial charge in [0.15, 0.2) is 0 Å². The predicted molar refractivity (Wildman–Crippen MR) is 92.0 cm³/mol. The van der Waals surface area contributed by atoms with E-state index in [0.717, 1.165) is 12.1 Å². The van der Waals surface area contributed by atoms with Crippen LogP contribution >= 0.6 is 0 Å². The number of hydrogen-bond acceptors (Lipinski definition) is 5. The minimum absolute atomic E-state index is 0.0161. The van der Waals surface area contributed by atoms with E-state index in [0.29, 0.717) is 13.1 Å². The normalized spacial score (nSPS) is 11.2. The summed E-state index contributed by atoms with van der Waals surface area (Å²) in [5.41, 5.74) is -0.138. The number of aromatic nitrogens is 1. The average Bonchev–Trinajstić information content (AvgIpc) is 2.56. The zero-order valence-electron chi connectivity index (χ0n) is 13.7. The van der Waals surface area contributed by atoms with Crippen molar-refractivity contribution in [1.29, 1.82) is 0 Å². The number of halogens is 1. The number of sulfonamides is 1. The van der Waals surface area contributed by atoms with Crippen molar-refractivity contribution in [2.45, 2.75) is 18.7 Å². The zero-order valence-corrected chi connectivity index (χ0v) is 14.5. The van der Waals surface area contributed by atoms with Crippen LogP contribution in [0.3, 0.4) is 0 Å². The summed E-state index contributed by atoms with van der Waals surface area (Å²) in [5, 5.41) is 9.39.